The molecule has 0 aliphatic rings. The molecule has 0 aromatic carbocycles. The molecule has 5 nitrogen and oxygen atoms in total. The van der Waals surface area contributed by atoms with Crippen molar-refractivity contribution in [3.05, 3.63) is 36.3 Å². The van der Waals surface area contributed by atoms with Gasteiger partial charge in [0.15, 0.2) is 5.96 Å². The van der Waals surface area contributed by atoms with Crippen molar-refractivity contribution in [3.8, 4) is 0 Å². The minimum atomic E-state index is 0. The average molecular weight is 415 g/mol. The molecule has 1 atom stereocenters. The number of nitrogens with one attached hydrogen (secondary N) is 2. The van der Waals surface area contributed by atoms with Crippen LogP contribution in [-0.2, 0) is 6.42 Å². The number of hydrogen-bond donors (Lipinski definition) is 2. The number of guanidine groups is 1. The minimum Gasteiger partial charge on any atom is -0.357 e. The number of halogens is 1. The van der Waals surface area contributed by atoms with Crippen LogP contribution in [-0.4, -0.2) is 34.5 Å². The van der Waals surface area contributed by atoms with E-state index in [0.29, 0.717) is 6.04 Å². The van der Waals surface area contributed by atoms with Crippen molar-refractivity contribution in [3.63, 3.8) is 0 Å². The number of nitrogens with zero attached hydrogens (tertiary/aromatic N) is 3. The van der Waals surface area contributed by atoms with Crippen LogP contribution >= 0.6 is 24.0 Å². The van der Waals surface area contributed by atoms with Gasteiger partial charge in [0.05, 0.1) is 5.69 Å². The summed E-state index contributed by atoms with van der Waals surface area (Å²) in [5, 5.41) is 6.67. The highest BCUT2D eigenvalue weighted by Crippen LogP contribution is 2.05. The first kappa shape index (κ1) is 18.7. The van der Waals surface area contributed by atoms with Gasteiger partial charge < -0.3 is 15.0 Å². The molecule has 1 unspecified atom stereocenters. The standard InChI is InChI=1S/C16H25N5.HI/c1-4-13(3)19-16(17-5-2)18-10-9-14-12-21-11-7-6-8-15(21)20-14;/h6-8,11-13H,4-5,9-10H2,1-3H3,(H2,17,18,19);1H. The minimum absolute atomic E-state index is 0. The predicted octanol–water partition coefficient (Wildman–Crippen LogP) is 2.85. The molecule has 0 bridgehead atoms. The third kappa shape index (κ3) is 5.47. The van der Waals surface area contributed by atoms with Crippen molar-refractivity contribution < 1.29 is 0 Å². The molecule has 2 heterocycles. The van der Waals surface area contributed by atoms with E-state index in [9.17, 15) is 0 Å². The van der Waals surface area contributed by atoms with Crippen LogP contribution in [0.3, 0.4) is 0 Å². The van der Waals surface area contributed by atoms with Crippen LogP contribution in [0.4, 0.5) is 0 Å². The fourth-order valence-corrected chi connectivity index (χ4v) is 2.05. The van der Waals surface area contributed by atoms with E-state index in [1.54, 1.807) is 0 Å². The van der Waals surface area contributed by atoms with Gasteiger partial charge in [-0.15, -0.1) is 24.0 Å². The van der Waals surface area contributed by atoms with E-state index in [2.05, 4.69) is 47.6 Å². The van der Waals surface area contributed by atoms with Crippen LogP contribution in [0.15, 0.2) is 35.6 Å². The van der Waals surface area contributed by atoms with E-state index < -0.39 is 0 Å². The summed E-state index contributed by atoms with van der Waals surface area (Å²) in [4.78, 5) is 9.20. The summed E-state index contributed by atoms with van der Waals surface area (Å²) < 4.78 is 2.04. The Morgan fingerprint density at radius 3 is 2.86 bits per heavy atom. The fraction of sp³-hybridized carbons (Fsp3) is 0.500. The molecule has 6 heteroatoms. The second-order valence-corrected chi connectivity index (χ2v) is 5.16. The van der Waals surface area contributed by atoms with Gasteiger partial charge in [-0.25, -0.2) is 4.98 Å². The molecule has 0 radical (unpaired) electrons. The summed E-state index contributed by atoms with van der Waals surface area (Å²) in [6, 6.07) is 6.46. The molecule has 0 saturated heterocycles. The van der Waals surface area contributed by atoms with E-state index in [4.69, 9.17) is 0 Å². The first-order valence-electron chi connectivity index (χ1n) is 7.70. The van der Waals surface area contributed by atoms with Crippen molar-refractivity contribution in [2.45, 2.75) is 39.7 Å². The summed E-state index contributed by atoms with van der Waals surface area (Å²) >= 11 is 0. The zero-order chi connectivity index (χ0) is 15.1. The third-order valence-electron chi connectivity index (χ3n) is 3.39. The Hall–Kier alpha value is -1.31. The van der Waals surface area contributed by atoms with Crippen LogP contribution in [0, 0.1) is 0 Å². The first-order chi connectivity index (χ1) is 10.2. The quantitative estimate of drug-likeness (QED) is 0.434. The zero-order valence-corrected chi connectivity index (χ0v) is 15.9. The average Bonchev–Trinajstić information content (AvgIpc) is 2.89. The van der Waals surface area contributed by atoms with Gasteiger partial charge in [0.2, 0.25) is 0 Å². The normalized spacial score (nSPS) is 12.8. The molecule has 2 rings (SSSR count). The molecule has 0 aliphatic carbocycles. The molecule has 0 amide bonds. The molecular weight excluding hydrogens is 389 g/mol. The Morgan fingerprint density at radius 2 is 2.18 bits per heavy atom. The lowest BCUT2D eigenvalue weighted by atomic mass is 10.3. The molecule has 0 fully saturated rings. The van der Waals surface area contributed by atoms with Crippen molar-refractivity contribution in [1.29, 1.82) is 0 Å². The highest BCUT2D eigenvalue weighted by molar-refractivity contribution is 14.0. The highest BCUT2D eigenvalue weighted by Gasteiger charge is 2.03. The van der Waals surface area contributed by atoms with E-state index in [0.717, 1.165) is 43.2 Å². The lowest BCUT2D eigenvalue weighted by Gasteiger charge is -2.15. The van der Waals surface area contributed by atoms with Gasteiger partial charge >= 0.3 is 0 Å². The largest absolute Gasteiger partial charge is 0.357 e. The molecule has 2 aromatic heterocycles. The molecule has 122 valence electrons. The van der Waals surface area contributed by atoms with E-state index in [1.165, 1.54) is 0 Å². The molecule has 22 heavy (non-hydrogen) atoms. The SMILES string of the molecule is CCNC(=NCCc1cn2ccccc2n1)NC(C)CC.I. The number of pyridine rings is 1. The Bertz CT molecular complexity index is 560. The smallest absolute Gasteiger partial charge is 0.191 e. The summed E-state index contributed by atoms with van der Waals surface area (Å²) in [5.41, 5.74) is 2.06. The maximum atomic E-state index is 4.61. The molecule has 2 aromatic rings. The Kier molecular flexibility index (Phi) is 8.22. The van der Waals surface area contributed by atoms with E-state index in [-0.39, 0.29) is 24.0 Å². The van der Waals surface area contributed by atoms with Crippen LogP contribution in [0.1, 0.15) is 32.9 Å². The predicted molar refractivity (Wildman–Crippen MR) is 103 cm³/mol. The third-order valence-corrected chi connectivity index (χ3v) is 3.39. The second kappa shape index (κ2) is 9.66. The topological polar surface area (TPSA) is 53.7 Å². The Labute approximate surface area is 149 Å². The maximum absolute atomic E-state index is 4.61. The summed E-state index contributed by atoms with van der Waals surface area (Å²) in [6.07, 6.45) is 6.01. The second-order valence-electron chi connectivity index (χ2n) is 5.16. The van der Waals surface area contributed by atoms with Gasteiger partial charge in [-0.1, -0.05) is 13.0 Å². The van der Waals surface area contributed by atoms with Gasteiger partial charge in [-0.3, -0.25) is 4.99 Å². The monoisotopic (exact) mass is 415 g/mol. The van der Waals surface area contributed by atoms with Crippen molar-refractivity contribution in [2.75, 3.05) is 13.1 Å². The number of aliphatic imine (C=N–C) groups is 1. The van der Waals surface area contributed by atoms with Crippen molar-refractivity contribution in [1.82, 2.24) is 20.0 Å². The Balaban J connectivity index is 0.00000242. The molecule has 2 N–H and O–H groups in total. The molecular formula is C16H26IN5. The van der Waals surface area contributed by atoms with Gasteiger partial charge in [-0.2, -0.15) is 0 Å². The number of rotatable bonds is 6. The van der Waals surface area contributed by atoms with Crippen LogP contribution < -0.4 is 10.6 Å². The molecule has 0 saturated carbocycles. The Morgan fingerprint density at radius 1 is 1.36 bits per heavy atom. The number of fused-ring (bicyclic) bond motifs is 1. The van der Waals surface area contributed by atoms with Crippen molar-refractivity contribution >= 4 is 35.6 Å². The summed E-state index contributed by atoms with van der Waals surface area (Å²) in [5.74, 6) is 0.885. The van der Waals surface area contributed by atoms with Gasteiger partial charge in [0.25, 0.3) is 0 Å². The van der Waals surface area contributed by atoms with E-state index in [1.807, 2.05) is 28.8 Å². The van der Waals surface area contributed by atoms with Gasteiger partial charge in [0.1, 0.15) is 5.65 Å². The van der Waals surface area contributed by atoms with Crippen LogP contribution in [0.2, 0.25) is 0 Å². The fourth-order valence-electron chi connectivity index (χ4n) is 2.05. The highest BCUT2D eigenvalue weighted by atomic mass is 127. The maximum Gasteiger partial charge on any atom is 0.191 e. The molecule has 0 spiro atoms. The van der Waals surface area contributed by atoms with Crippen molar-refractivity contribution in [2.24, 2.45) is 4.99 Å². The lowest BCUT2D eigenvalue weighted by Crippen LogP contribution is -2.42. The molecule has 0 aliphatic heterocycles. The van der Waals surface area contributed by atoms with Gasteiger partial charge in [-0.05, 0) is 32.4 Å². The van der Waals surface area contributed by atoms with E-state index >= 15 is 0 Å². The number of hydrogen-bond acceptors (Lipinski definition) is 2. The lowest BCUT2D eigenvalue weighted by molar-refractivity contribution is 0.624. The number of aromatic nitrogens is 2. The van der Waals surface area contributed by atoms with Gasteiger partial charge in [0, 0.05) is 37.9 Å². The summed E-state index contributed by atoms with van der Waals surface area (Å²) in [6.45, 7) is 8.01. The van der Waals surface area contributed by atoms with Crippen LogP contribution in [0.5, 0.6) is 0 Å². The number of imidazole rings is 1. The van der Waals surface area contributed by atoms with Crippen LogP contribution in [0.25, 0.3) is 5.65 Å². The zero-order valence-electron chi connectivity index (χ0n) is 13.5. The first-order valence-corrected chi connectivity index (χ1v) is 7.70. The summed E-state index contributed by atoms with van der Waals surface area (Å²) in [7, 11) is 0.